The smallest absolute Gasteiger partial charge is 0.293 e. The van der Waals surface area contributed by atoms with Crippen molar-refractivity contribution in [2.45, 2.75) is 17.9 Å². The molecule has 2 aromatic carbocycles. The van der Waals surface area contributed by atoms with E-state index in [0.29, 0.717) is 18.8 Å². The van der Waals surface area contributed by atoms with Crippen molar-refractivity contribution in [3.63, 3.8) is 0 Å². The van der Waals surface area contributed by atoms with E-state index in [2.05, 4.69) is 5.32 Å². The number of likely N-dealkylation sites (N-methyl/N-ethyl adjacent to an activating group) is 1. The number of quaternary nitrogens is 1. The molecule has 0 saturated carbocycles. The summed E-state index contributed by atoms with van der Waals surface area (Å²) in [5.74, 6) is 0. The van der Waals surface area contributed by atoms with Gasteiger partial charge in [0.25, 0.3) is 5.69 Å². The average molecular weight is 406 g/mol. The molecule has 0 amide bonds. The highest BCUT2D eigenvalue weighted by atomic mass is 32.2. The maximum absolute atomic E-state index is 12.9. The summed E-state index contributed by atoms with van der Waals surface area (Å²) in [5, 5.41) is 14.7. The fourth-order valence-electron chi connectivity index (χ4n) is 3.26. The summed E-state index contributed by atoms with van der Waals surface area (Å²) in [6.07, 6.45) is 0. The van der Waals surface area contributed by atoms with Crippen molar-refractivity contribution in [3.8, 4) is 0 Å². The molecule has 1 aliphatic heterocycles. The third-order valence-corrected chi connectivity index (χ3v) is 6.95. The highest BCUT2D eigenvalue weighted by Gasteiger charge is 2.31. The molecule has 0 radical (unpaired) electrons. The molecule has 2 N–H and O–H groups in total. The molecule has 0 bridgehead atoms. The van der Waals surface area contributed by atoms with Crippen molar-refractivity contribution in [3.05, 3.63) is 64.2 Å². The normalized spacial score (nSPS) is 17.2. The molecule has 9 heteroatoms. The lowest BCUT2D eigenvalue weighted by molar-refractivity contribution is -0.883. The molecule has 28 heavy (non-hydrogen) atoms. The van der Waals surface area contributed by atoms with E-state index >= 15 is 0 Å². The second kappa shape index (κ2) is 8.26. The first-order chi connectivity index (χ1) is 13.3. The summed E-state index contributed by atoms with van der Waals surface area (Å²) in [6.45, 7) is 4.15. The molecule has 3 rings (SSSR count). The van der Waals surface area contributed by atoms with Gasteiger partial charge in [0.1, 0.15) is 5.69 Å². The number of piperazine rings is 1. The number of nitrogens with one attached hydrogen (secondary N) is 2. The lowest BCUT2D eigenvalue weighted by Crippen LogP contribution is -3.12. The van der Waals surface area contributed by atoms with Crippen LogP contribution in [0.1, 0.15) is 18.5 Å². The topological polar surface area (TPSA) is 97.0 Å². The summed E-state index contributed by atoms with van der Waals surface area (Å²) in [7, 11) is -1.73. The van der Waals surface area contributed by atoms with Crippen molar-refractivity contribution in [1.29, 1.82) is 0 Å². The van der Waals surface area contributed by atoms with E-state index in [9.17, 15) is 18.5 Å². The zero-order valence-electron chi connectivity index (χ0n) is 16.0. The standard InChI is InChI=1S/C19H24N4O4S/c1-15(16-6-4-3-5-7-16)20-18-9-8-17(14-19(18)23(24)25)28(26,27)22-12-10-21(2)11-13-22/h3-9,14-15,20H,10-13H2,1-2H3/p+1/t15-/m0/s1. The SMILES string of the molecule is C[C@H](Nc1ccc(S(=O)(=O)N2CC[NH+](C)CC2)cc1[N+](=O)[O-])c1ccccc1. The van der Waals surface area contributed by atoms with Gasteiger partial charge in [-0.1, -0.05) is 30.3 Å². The highest BCUT2D eigenvalue weighted by molar-refractivity contribution is 7.89. The molecule has 0 aliphatic carbocycles. The van der Waals surface area contributed by atoms with E-state index in [-0.39, 0.29) is 16.6 Å². The zero-order chi connectivity index (χ0) is 20.3. The first kappa shape index (κ1) is 20.2. The molecule has 1 atom stereocenters. The second-order valence-corrected chi connectivity index (χ2v) is 9.01. The van der Waals surface area contributed by atoms with Crippen molar-refractivity contribution in [2.75, 3.05) is 38.5 Å². The Morgan fingerprint density at radius 2 is 1.79 bits per heavy atom. The van der Waals surface area contributed by atoms with E-state index in [4.69, 9.17) is 0 Å². The number of nitro groups is 1. The van der Waals surface area contributed by atoms with Crippen molar-refractivity contribution >= 4 is 21.4 Å². The van der Waals surface area contributed by atoms with Crippen molar-refractivity contribution < 1.29 is 18.2 Å². The summed E-state index contributed by atoms with van der Waals surface area (Å²) in [5.41, 5.74) is 1.03. The molecular formula is C19H25N4O4S+. The number of anilines is 1. The predicted octanol–water partition coefficient (Wildman–Crippen LogP) is 1.29. The fraction of sp³-hybridized carbons (Fsp3) is 0.368. The summed E-state index contributed by atoms with van der Waals surface area (Å²) >= 11 is 0. The van der Waals surface area contributed by atoms with E-state index < -0.39 is 14.9 Å². The van der Waals surface area contributed by atoms with Crippen LogP contribution < -0.4 is 10.2 Å². The van der Waals surface area contributed by atoms with E-state index in [0.717, 1.165) is 24.7 Å². The fourth-order valence-corrected chi connectivity index (χ4v) is 4.72. The Bertz CT molecular complexity index is 942. The quantitative estimate of drug-likeness (QED) is 0.558. The van der Waals surface area contributed by atoms with Crippen LogP contribution in [-0.4, -0.2) is 50.9 Å². The number of nitrogens with zero attached hydrogens (tertiary/aromatic N) is 2. The number of nitro benzene ring substituents is 1. The summed E-state index contributed by atoms with van der Waals surface area (Å²) in [6, 6.07) is 13.5. The van der Waals surface area contributed by atoms with Gasteiger partial charge in [0, 0.05) is 12.1 Å². The molecule has 150 valence electrons. The van der Waals surface area contributed by atoms with Crippen LogP contribution in [0, 0.1) is 10.1 Å². The molecule has 1 heterocycles. The Kier molecular flexibility index (Phi) is 5.97. The van der Waals surface area contributed by atoms with Crippen LogP contribution in [0.2, 0.25) is 0 Å². The van der Waals surface area contributed by atoms with Gasteiger partial charge in [0.05, 0.1) is 43.0 Å². The number of hydrogen-bond donors (Lipinski definition) is 2. The van der Waals surface area contributed by atoms with Crippen LogP contribution in [0.15, 0.2) is 53.4 Å². The van der Waals surface area contributed by atoms with Gasteiger partial charge in [-0.05, 0) is 24.6 Å². The van der Waals surface area contributed by atoms with Gasteiger partial charge in [0.2, 0.25) is 10.0 Å². The molecule has 1 aliphatic rings. The van der Waals surface area contributed by atoms with Crippen LogP contribution in [0.4, 0.5) is 11.4 Å². The second-order valence-electron chi connectivity index (χ2n) is 7.07. The third kappa shape index (κ3) is 4.32. The maximum atomic E-state index is 12.9. The largest absolute Gasteiger partial charge is 0.373 e. The van der Waals surface area contributed by atoms with Crippen LogP contribution in [0.5, 0.6) is 0 Å². The van der Waals surface area contributed by atoms with E-state index in [1.54, 1.807) is 0 Å². The van der Waals surface area contributed by atoms with Gasteiger partial charge in [-0.2, -0.15) is 4.31 Å². The van der Waals surface area contributed by atoms with Crippen LogP contribution in [0.3, 0.4) is 0 Å². The highest BCUT2D eigenvalue weighted by Crippen LogP contribution is 2.31. The first-order valence-electron chi connectivity index (χ1n) is 9.20. The monoisotopic (exact) mass is 405 g/mol. The maximum Gasteiger partial charge on any atom is 0.293 e. The van der Waals surface area contributed by atoms with Crippen molar-refractivity contribution in [1.82, 2.24) is 4.31 Å². The molecule has 0 aromatic heterocycles. The van der Waals surface area contributed by atoms with E-state index in [1.807, 2.05) is 44.3 Å². The molecule has 2 aromatic rings. The first-order valence-corrected chi connectivity index (χ1v) is 10.6. The predicted molar refractivity (Wildman–Crippen MR) is 107 cm³/mol. The molecule has 1 fully saturated rings. The minimum absolute atomic E-state index is 0.0448. The Morgan fingerprint density at radius 3 is 2.39 bits per heavy atom. The van der Waals surface area contributed by atoms with E-state index in [1.165, 1.54) is 21.3 Å². The lowest BCUT2D eigenvalue weighted by atomic mass is 10.1. The lowest BCUT2D eigenvalue weighted by Gasteiger charge is -2.29. The van der Waals surface area contributed by atoms with Gasteiger partial charge in [-0.15, -0.1) is 0 Å². The third-order valence-electron chi connectivity index (χ3n) is 5.05. The van der Waals surface area contributed by atoms with Gasteiger partial charge in [0.15, 0.2) is 0 Å². The van der Waals surface area contributed by atoms with Gasteiger partial charge in [-0.25, -0.2) is 8.42 Å². The zero-order valence-corrected chi connectivity index (χ0v) is 16.8. The summed E-state index contributed by atoms with van der Waals surface area (Å²) < 4.78 is 27.2. The molecular weight excluding hydrogens is 380 g/mol. The van der Waals surface area contributed by atoms with Gasteiger partial charge >= 0.3 is 0 Å². The van der Waals surface area contributed by atoms with Gasteiger partial charge in [-0.3, -0.25) is 10.1 Å². The Balaban J connectivity index is 1.88. The number of sulfonamides is 1. The minimum Gasteiger partial charge on any atom is -0.373 e. The van der Waals surface area contributed by atoms with Crippen LogP contribution >= 0.6 is 0 Å². The van der Waals surface area contributed by atoms with Gasteiger partial charge < -0.3 is 10.2 Å². The Labute approximate surface area is 165 Å². The Morgan fingerprint density at radius 1 is 1.14 bits per heavy atom. The summed E-state index contributed by atoms with van der Waals surface area (Å²) in [4.78, 5) is 12.3. The average Bonchev–Trinajstić information content (AvgIpc) is 2.69. The Hall–Kier alpha value is -2.49. The molecule has 0 spiro atoms. The van der Waals surface area contributed by atoms with Crippen molar-refractivity contribution in [2.24, 2.45) is 0 Å². The van der Waals surface area contributed by atoms with Crippen LogP contribution in [-0.2, 0) is 10.0 Å². The molecule has 0 unspecified atom stereocenters. The molecule has 1 saturated heterocycles. The number of rotatable bonds is 6. The number of benzene rings is 2. The minimum atomic E-state index is -3.75. The number of hydrogen-bond acceptors (Lipinski definition) is 5. The van der Waals surface area contributed by atoms with Crippen LogP contribution in [0.25, 0.3) is 0 Å². The molecule has 8 nitrogen and oxygen atoms in total.